The van der Waals surface area contributed by atoms with Crippen molar-refractivity contribution in [2.45, 2.75) is 0 Å². The van der Waals surface area contributed by atoms with Crippen molar-refractivity contribution >= 4 is 17.3 Å². The van der Waals surface area contributed by atoms with Crippen molar-refractivity contribution in [2.75, 3.05) is 11.3 Å². The van der Waals surface area contributed by atoms with Gasteiger partial charge in [0.25, 0.3) is 0 Å². The van der Waals surface area contributed by atoms with Crippen LogP contribution in [-0.4, -0.2) is 6.00 Å². The van der Waals surface area contributed by atoms with Crippen LogP contribution in [0.5, 0.6) is 0 Å². The van der Waals surface area contributed by atoms with Crippen LogP contribution in [0.4, 0.5) is 10.1 Å². The van der Waals surface area contributed by atoms with Gasteiger partial charge in [-0.3, -0.25) is 0 Å². The maximum atomic E-state index is 12.3. The largest absolute Gasteiger partial charge is 0.372 e. The van der Waals surface area contributed by atoms with Gasteiger partial charge in [0, 0.05) is 5.69 Å². The lowest BCUT2D eigenvalue weighted by Gasteiger charge is -1.99. The number of benzene rings is 1. The second-order valence-corrected chi connectivity index (χ2v) is 2.08. The molecule has 1 rings (SSSR count). The summed E-state index contributed by atoms with van der Waals surface area (Å²) in [6.45, 7) is 0. The maximum absolute atomic E-state index is 12.3. The van der Waals surface area contributed by atoms with E-state index >= 15 is 0 Å². The van der Waals surface area contributed by atoms with Crippen molar-refractivity contribution < 1.29 is 4.39 Å². The van der Waals surface area contributed by atoms with Gasteiger partial charge in [0.15, 0.2) is 0 Å². The van der Waals surface area contributed by atoms with Crippen molar-refractivity contribution in [1.29, 1.82) is 0 Å². The summed E-state index contributed by atoms with van der Waals surface area (Å²) in [4.78, 5) is 0. The first kappa shape index (κ1) is 7.35. The van der Waals surface area contributed by atoms with Crippen molar-refractivity contribution in [1.82, 2.24) is 0 Å². The second kappa shape index (κ2) is 3.42. The van der Waals surface area contributed by atoms with Crippen molar-refractivity contribution in [3.63, 3.8) is 0 Å². The Morgan fingerprint density at radius 1 is 1.30 bits per heavy atom. The lowest BCUT2D eigenvalue weighted by atomic mass is 10.3. The van der Waals surface area contributed by atoms with E-state index in [4.69, 9.17) is 11.6 Å². The zero-order chi connectivity index (χ0) is 7.40. The van der Waals surface area contributed by atoms with Crippen LogP contribution in [0.15, 0.2) is 24.3 Å². The molecule has 0 aliphatic rings. The predicted molar refractivity (Wildman–Crippen MR) is 40.7 cm³/mol. The van der Waals surface area contributed by atoms with E-state index in [9.17, 15) is 4.39 Å². The molecule has 0 aromatic heterocycles. The summed E-state index contributed by atoms with van der Waals surface area (Å²) in [5.41, 5.74) is 0.830. The number of halogens is 2. The monoisotopic (exact) mass is 159 g/mol. The van der Waals surface area contributed by atoms with E-state index in [1.54, 1.807) is 12.1 Å². The minimum atomic E-state index is -0.236. The van der Waals surface area contributed by atoms with Crippen LogP contribution >= 0.6 is 11.6 Å². The lowest BCUT2D eigenvalue weighted by molar-refractivity contribution is 0.628. The first-order chi connectivity index (χ1) is 4.83. The third-order valence-corrected chi connectivity index (χ3v) is 1.25. The normalized spacial score (nSPS) is 9.40. The van der Waals surface area contributed by atoms with Crippen LogP contribution in [0, 0.1) is 5.82 Å². The molecule has 0 saturated carbocycles. The SMILES string of the molecule is Fc1ccc(NCCl)cc1. The van der Waals surface area contributed by atoms with Gasteiger partial charge < -0.3 is 5.32 Å². The molecular formula is C7H7ClFN. The highest BCUT2D eigenvalue weighted by atomic mass is 35.5. The van der Waals surface area contributed by atoms with Gasteiger partial charge >= 0.3 is 0 Å². The summed E-state index contributed by atoms with van der Waals surface area (Å²) in [5.74, 6) is -0.236. The van der Waals surface area contributed by atoms with Gasteiger partial charge in [-0.05, 0) is 24.3 Å². The van der Waals surface area contributed by atoms with Crippen LogP contribution in [0.3, 0.4) is 0 Å². The van der Waals surface area contributed by atoms with Gasteiger partial charge in [0.2, 0.25) is 0 Å². The van der Waals surface area contributed by atoms with Crippen LogP contribution in [-0.2, 0) is 0 Å². The Morgan fingerprint density at radius 3 is 2.40 bits per heavy atom. The molecule has 0 bridgehead atoms. The Morgan fingerprint density at radius 2 is 1.90 bits per heavy atom. The fraction of sp³-hybridized carbons (Fsp3) is 0.143. The Balaban J connectivity index is 2.69. The minimum Gasteiger partial charge on any atom is -0.372 e. The molecule has 0 atom stereocenters. The molecule has 54 valence electrons. The molecule has 0 fully saturated rings. The van der Waals surface area contributed by atoms with Gasteiger partial charge in [-0.2, -0.15) is 0 Å². The molecule has 0 heterocycles. The molecule has 1 aromatic carbocycles. The van der Waals surface area contributed by atoms with Crippen LogP contribution < -0.4 is 5.32 Å². The number of rotatable bonds is 2. The highest BCUT2D eigenvalue weighted by Crippen LogP contribution is 2.07. The summed E-state index contributed by atoms with van der Waals surface area (Å²) in [5, 5.41) is 2.83. The van der Waals surface area contributed by atoms with Crippen LogP contribution in [0.2, 0.25) is 0 Å². The van der Waals surface area contributed by atoms with Gasteiger partial charge in [-0.15, -0.1) is 11.6 Å². The van der Waals surface area contributed by atoms with Crippen molar-refractivity contribution in [3.05, 3.63) is 30.1 Å². The van der Waals surface area contributed by atoms with E-state index in [1.165, 1.54) is 12.1 Å². The molecule has 10 heavy (non-hydrogen) atoms. The lowest BCUT2D eigenvalue weighted by Crippen LogP contribution is -1.92. The second-order valence-electron chi connectivity index (χ2n) is 1.82. The zero-order valence-corrected chi connectivity index (χ0v) is 6.03. The number of alkyl halides is 1. The maximum Gasteiger partial charge on any atom is 0.123 e. The minimum absolute atomic E-state index is 0.236. The molecule has 0 spiro atoms. The van der Waals surface area contributed by atoms with E-state index in [0.717, 1.165) is 5.69 Å². The average Bonchev–Trinajstić information content (AvgIpc) is 1.95. The van der Waals surface area contributed by atoms with Gasteiger partial charge in [0.05, 0.1) is 6.00 Å². The summed E-state index contributed by atoms with van der Waals surface area (Å²) in [6, 6.07) is 6.38. The van der Waals surface area contributed by atoms with E-state index < -0.39 is 0 Å². The van der Waals surface area contributed by atoms with E-state index in [0.29, 0.717) is 6.00 Å². The average molecular weight is 160 g/mol. The Labute approximate surface area is 63.8 Å². The summed E-state index contributed by atoms with van der Waals surface area (Å²) < 4.78 is 12.3. The molecule has 0 saturated heterocycles. The molecule has 0 aliphatic heterocycles. The quantitative estimate of drug-likeness (QED) is 0.516. The Hall–Kier alpha value is -0.760. The van der Waals surface area contributed by atoms with Crippen molar-refractivity contribution in [2.24, 2.45) is 0 Å². The molecule has 3 heteroatoms. The molecule has 0 amide bonds. The molecular weight excluding hydrogens is 153 g/mol. The fourth-order valence-corrected chi connectivity index (χ4v) is 0.799. The van der Waals surface area contributed by atoms with Gasteiger partial charge in [0.1, 0.15) is 5.82 Å². The smallest absolute Gasteiger partial charge is 0.123 e. The van der Waals surface area contributed by atoms with Crippen LogP contribution in [0.1, 0.15) is 0 Å². The summed E-state index contributed by atoms with van der Waals surface area (Å²) >= 11 is 5.37. The van der Waals surface area contributed by atoms with Crippen molar-refractivity contribution in [3.8, 4) is 0 Å². The van der Waals surface area contributed by atoms with E-state index in [-0.39, 0.29) is 5.82 Å². The van der Waals surface area contributed by atoms with Gasteiger partial charge in [-0.25, -0.2) is 4.39 Å². The third-order valence-electron chi connectivity index (χ3n) is 1.12. The molecule has 0 unspecified atom stereocenters. The summed E-state index contributed by atoms with van der Waals surface area (Å²) in [6.07, 6.45) is 0. The Kier molecular flexibility index (Phi) is 2.51. The number of nitrogens with one attached hydrogen (secondary N) is 1. The highest BCUT2D eigenvalue weighted by molar-refractivity contribution is 6.18. The standard InChI is InChI=1S/C7H7ClFN/c8-5-10-7-3-1-6(9)2-4-7/h1-4,10H,5H2. The molecule has 1 nitrogen and oxygen atoms in total. The third kappa shape index (κ3) is 1.88. The van der Waals surface area contributed by atoms with E-state index in [1.807, 2.05) is 0 Å². The predicted octanol–water partition coefficient (Wildman–Crippen LogP) is 2.43. The topological polar surface area (TPSA) is 12.0 Å². The van der Waals surface area contributed by atoms with Crippen LogP contribution in [0.25, 0.3) is 0 Å². The molecule has 0 radical (unpaired) electrons. The number of anilines is 1. The summed E-state index contributed by atoms with van der Waals surface area (Å²) in [7, 11) is 0. The number of hydrogen-bond donors (Lipinski definition) is 1. The molecule has 1 N–H and O–H groups in total. The number of hydrogen-bond acceptors (Lipinski definition) is 1. The fourth-order valence-electron chi connectivity index (χ4n) is 0.645. The molecule has 1 aromatic rings. The van der Waals surface area contributed by atoms with Gasteiger partial charge in [-0.1, -0.05) is 0 Å². The molecule has 0 aliphatic carbocycles. The van der Waals surface area contributed by atoms with E-state index in [2.05, 4.69) is 5.32 Å². The first-order valence-electron chi connectivity index (χ1n) is 2.88. The first-order valence-corrected chi connectivity index (χ1v) is 3.42. The Bertz CT molecular complexity index is 197. The zero-order valence-electron chi connectivity index (χ0n) is 5.27. The highest BCUT2D eigenvalue weighted by Gasteiger charge is 1.89.